The summed E-state index contributed by atoms with van der Waals surface area (Å²) in [6.45, 7) is 7.17. The summed E-state index contributed by atoms with van der Waals surface area (Å²) in [5.74, 6) is 0.556. The average molecular weight is 291 g/mol. The molecule has 2 rings (SSSR count). The Morgan fingerprint density at radius 3 is 2.38 bits per heavy atom. The molecular weight excluding hydrogens is 261 g/mol. The van der Waals surface area contributed by atoms with E-state index in [1.165, 1.54) is 38.5 Å². The van der Waals surface area contributed by atoms with Gasteiger partial charge in [0.25, 0.3) is 0 Å². The van der Waals surface area contributed by atoms with E-state index in [1.807, 2.05) is 6.92 Å². The van der Waals surface area contributed by atoms with Crippen molar-refractivity contribution in [3.63, 3.8) is 0 Å². The third-order valence-corrected chi connectivity index (χ3v) is 4.78. The maximum absolute atomic E-state index is 14.6. The van der Waals surface area contributed by atoms with E-state index in [0.717, 1.165) is 29.7 Å². The Bertz CT molecular complexity index is 424. The fraction of sp³-hybridized carbons (Fsp3) is 0.684. The Labute approximate surface area is 129 Å². The van der Waals surface area contributed by atoms with Crippen LogP contribution in [-0.2, 0) is 0 Å². The summed E-state index contributed by atoms with van der Waals surface area (Å²) < 4.78 is 14.6. The zero-order chi connectivity index (χ0) is 15.2. The third-order valence-electron chi connectivity index (χ3n) is 4.78. The molecule has 0 amide bonds. The molecule has 0 heterocycles. The molecule has 1 aromatic carbocycles. The smallest absolute Gasteiger partial charge is 0.128 e. The first-order chi connectivity index (χ1) is 10.1. The van der Waals surface area contributed by atoms with Gasteiger partial charge >= 0.3 is 0 Å². The number of benzene rings is 1. The fourth-order valence-corrected chi connectivity index (χ4v) is 3.77. The zero-order valence-corrected chi connectivity index (χ0v) is 13.8. The SMILES string of the molecule is CCCNC(c1c(C)cc(C)cc1F)C1CCCCCC1. The molecule has 21 heavy (non-hydrogen) atoms. The fourth-order valence-electron chi connectivity index (χ4n) is 3.77. The van der Waals surface area contributed by atoms with Crippen molar-refractivity contribution in [2.45, 2.75) is 71.8 Å². The second-order valence-electron chi connectivity index (χ2n) is 6.66. The van der Waals surface area contributed by atoms with Crippen LogP contribution in [0.3, 0.4) is 0 Å². The quantitative estimate of drug-likeness (QED) is 0.711. The van der Waals surface area contributed by atoms with E-state index in [-0.39, 0.29) is 11.9 Å². The van der Waals surface area contributed by atoms with Crippen molar-refractivity contribution < 1.29 is 4.39 Å². The lowest BCUT2D eigenvalue weighted by Gasteiger charge is -2.29. The van der Waals surface area contributed by atoms with E-state index in [0.29, 0.717) is 5.92 Å². The molecule has 0 bridgehead atoms. The van der Waals surface area contributed by atoms with Crippen molar-refractivity contribution >= 4 is 0 Å². The summed E-state index contributed by atoms with van der Waals surface area (Å²) in [7, 11) is 0. The zero-order valence-electron chi connectivity index (χ0n) is 13.8. The third kappa shape index (κ3) is 4.29. The van der Waals surface area contributed by atoms with Gasteiger partial charge in [-0.25, -0.2) is 4.39 Å². The second kappa shape index (κ2) is 7.93. The molecule has 0 radical (unpaired) electrons. The minimum absolute atomic E-state index is 0.0228. The van der Waals surface area contributed by atoms with E-state index in [4.69, 9.17) is 0 Å². The Balaban J connectivity index is 2.30. The molecule has 118 valence electrons. The normalized spacial score (nSPS) is 18.5. The predicted octanol–water partition coefficient (Wildman–Crippen LogP) is 5.45. The van der Waals surface area contributed by atoms with Gasteiger partial charge in [0.05, 0.1) is 0 Å². The highest BCUT2D eigenvalue weighted by atomic mass is 19.1. The maximum atomic E-state index is 14.6. The Hall–Kier alpha value is -0.890. The van der Waals surface area contributed by atoms with E-state index >= 15 is 0 Å². The average Bonchev–Trinajstić information content (AvgIpc) is 2.70. The molecule has 0 aliphatic heterocycles. The van der Waals surface area contributed by atoms with Crippen LogP contribution >= 0.6 is 0 Å². The topological polar surface area (TPSA) is 12.0 Å². The Morgan fingerprint density at radius 2 is 1.81 bits per heavy atom. The monoisotopic (exact) mass is 291 g/mol. The highest BCUT2D eigenvalue weighted by Gasteiger charge is 2.27. The molecule has 1 aliphatic carbocycles. The van der Waals surface area contributed by atoms with Crippen LogP contribution in [0.4, 0.5) is 4.39 Å². The number of hydrogen-bond acceptors (Lipinski definition) is 1. The van der Waals surface area contributed by atoms with Gasteiger partial charge in [-0.15, -0.1) is 0 Å². The minimum atomic E-state index is -0.0228. The molecule has 1 nitrogen and oxygen atoms in total. The molecule has 0 aromatic heterocycles. The summed E-state index contributed by atoms with van der Waals surface area (Å²) in [5.41, 5.74) is 3.04. The molecule has 1 fully saturated rings. The largest absolute Gasteiger partial charge is 0.310 e. The summed E-state index contributed by atoms with van der Waals surface area (Å²) >= 11 is 0. The highest BCUT2D eigenvalue weighted by Crippen LogP contribution is 2.36. The number of aryl methyl sites for hydroxylation is 2. The molecule has 1 aromatic rings. The van der Waals surface area contributed by atoms with E-state index in [2.05, 4.69) is 25.2 Å². The molecule has 1 N–H and O–H groups in total. The van der Waals surface area contributed by atoms with Gasteiger partial charge in [0.15, 0.2) is 0 Å². The van der Waals surface area contributed by atoms with Gasteiger partial charge in [0.1, 0.15) is 5.82 Å². The maximum Gasteiger partial charge on any atom is 0.128 e. The first-order valence-corrected chi connectivity index (χ1v) is 8.63. The van der Waals surface area contributed by atoms with Crippen molar-refractivity contribution in [2.75, 3.05) is 6.54 Å². The van der Waals surface area contributed by atoms with Crippen LogP contribution in [0.25, 0.3) is 0 Å². The van der Waals surface area contributed by atoms with Crippen LogP contribution in [0.5, 0.6) is 0 Å². The van der Waals surface area contributed by atoms with Crippen molar-refractivity contribution in [2.24, 2.45) is 5.92 Å². The van der Waals surface area contributed by atoms with Crippen molar-refractivity contribution in [1.82, 2.24) is 5.32 Å². The molecule has 1 atom stereocenters. The van der Waals surface area contributed by atoms with Crippen molar-refractivity contribution in [1.29, 1.82) is 0 Å². The second-order valence-corrected chi connectivity index (χ2v) is 6.66. The van der Waals surface area contributed by atoms with Gasteiger partial charge in [-0.05, 0) is 62.8 Å². The van der Waals surface area contributed by atoms with Crippen LogP contribution in [0.2, 0.25) is 0 Å². The lowest BCUT2D eigenvalue weighted by atomic mass is 9.84. The predicted molar refractivity (Wildman–Crippen MR) is 88.1 cm³/mol. The van der Waals surface area contributed by atoms with Crippen LogP contribution in [0, 0.1) is 25.6 Å². The number of hydrogen-bond donors (Lipinski definition) is 1. The first kappa shape index (κ1) is 16.5. The summed E-state index contributed by atoms with van der Waals surface area (Å²) in [5, 5.41) is 3.64. The van der Waals surface area contributed by atoms with Crippen LogP contribution < -0.4 is 5.32 Å². The minimum Gasteiger partial charge on any atom is -0.310 e. The molecule has 1 saturated carbocycles. The molecule has 0 spiro atoms. The molecule has 1 unspecified atom stereocenters. The van der Waals surface area contributed by atoms with E-state index < -0.39 is 0 Å². The lowest BCUT2D eigenvalue weighted by molar-refractivity contribution is 0.317. The van der Waals surface area contributed by atoms with Gasteiger partial charge in [-0.3, -0.25) is 0 Å². The molecule has 2 heteroatoms. The van der Waals surface area contributed by atoms with E-state index in [9.17, 15) is 4.39 Å². The Morgan fingerprint density at radius 1 is 1.14 bits per heavy atom. The van der Waals surface area contributed by atoms with Crippen molar-refractivity contribution in [3.8, 4) is 0 Å². The van der Waals surface area contributed by atoms with Gasteiger partial charge in [-0.2, -0.15) is 0 Å². The lowest BCUT2D eigenvalue weighted by Crippen LogP contribution is -2.30. The van der Waals surface area contributed by atoms with Crippen LogP contribution in [0.15, 0.2) is 12.1 Å². The van der Waals surface area contributed by atoms with Crippen LogP contribution in [-0.4, -0.2) is 6.54 Å². The first-order valence-electron chi connectivity index (χ1n) is 8.63. The van der Waals surface area contributed by atoms with E-state index in [1.54, 1.807) is 6.07 Å². The standard InChI is InChI=1S/C19H30FN/c1-4-11-21-19(16-9-7-5-6-8-10-16)18-15(3)12-14(2)13-17(18)20/h12-13,16,19,21H,4-11H2,1-3H3. The Kier molecular flexibility index (Phi) is 6.22. The van der Waals surface area contributed by atoms with Gasteiger partial charge < -0.3 is 5.32 Å². The van der Waals surface area contributed by atoms with Crippen LogP contribution in [0.1, 0.15) is 74.6 Å². The molecule has 0 saturated heterocycles. The van der Waals surface area contributed by atoms with Gasteiger partial charge in [0.2, 0.25) is 0 Å². The molecule has 1 aliphatic rings. The number of halogens is 1. The number of nitrogens with one attached hydrogen (secondary N) is 1. The summed E-state index contributed by atoms with van der Waals surface area (Å²) in [6, 6.07) is 4.00. The van der Waals surface area contributed by atoms with Crippen molar-refractivity contribution in [3.05, 3.63) is 34.6 Å². The highest BCUT2D eigenvalue weighted by molar-refractivity contribution is 5.34. The summed E-state index contributed by atoms with van der Waals surface area (Å²) in [4.78, 5) is 0. The number of rotatable bonds is 5. The van der Waals surface area contributed by atoms with Gasteiger partial charge in [-0.1, -0.05) is 38.7 Å². The van der Waals surface area contributed by atoms with Gasteiger partial charge in [0, 0.05) is 11.6 Å². The summed E-state index contributed by atoms with van der Waals surface area (Å²) in [6.07, 6.45) is 8.82. The molecular formula is C19H30FN.